The molecule has 0 aliphatic carbocycles. The fourth-order valence-electron chi connectivity index (χ4n) is 3.44. The molecule has 0 radical (unpaired) electrons. The van der Waals surface area contributed by atoms with Gasteiger partial charge in [0.2, 0.25) is 6.79 Å². The van der Waals surface area contributed by atoms with Crippen molar-refractivity contribution in [2.24, 2.45) is 0 Å². The number of aromatic nitrogens is 1. The van der Waals surface area contributed by atoms with Crippen LogP contribution in [0.15, 0.2) is 46.4 Å². The number of furan rings is 1. The van der Waals surface area contributed by atoms with E-state index in [-0.39, 0.29) is 12.7 Å². The average Bonchev–Trinajstić information content (AvgIpc) is 3.48. The molecule has 3 aromatic rings. The molecule has 1 amide bonds. The van der Waals surface area contributed by atoms with Crippen LogP contribution in [0.5, 0.6) is 11.5 Å². The second kappa shape index (κ2) is 7.29. The molecule has 0 saturated carbocycles. The lowest BCUT2D eigenvalue weighted by molar-refractivity contribution is 0.0627. The minimum absolute atomic E-state index is 0.0340. The molecule has 4 heterocycles. The van der Waals surface area contributed by atoms with Crippen LogP contribution >= 0.6 is 11.3 Å². The number of hydrogen-bond donors (Lipinski definition) is 0. The fourth-order valence-corrected chi connectivity index (χ4v) is 4.22. The molecular formula is C20H19N3O4S. The maximum Gasteiger partial charge on any atom is 0.254 e. The van der Waals surface area contributed by atoms with Gasteiger partial charge in [0.1, 0.15) is 0 Å². The molecule has 7 nitrogen and oxygen atoms in total. The van der Waals surface area contributed by atoms with Crippen molar-refractivity contribution in [3.8, 4) is 22.3 Å². The maximum absolute atomic E-state index is 12.8. The first kappa shape index (κ1) is 17.3. The molecule has 2 aliphatic heterocycles. The number of piperazine rings is 1. The molecule has 0 unspecified atom stereocenters. The van der Waals surface area contributed by atoms with Crippen molar-refractivity contribution in [3.63, 3.8) is 0 Å². The number of fused-ring (bicyclic) bond motifs is 1. The fraction of sp³-hybridized carbons (Fsp3) is 0.300. The van der Waals surface area contributed by atoms with Gasteiger partial charge < -0.3 is 18.8 Å². The third-order valence-electron chi connectivity index (χ3n) is 4.95. The number of thiazole rings is 1. The van der Waals surface area contributed by atoms with E-state index in [0.717, 1.165) is 36.1 Å². The maximum atomic E-state index is 12.8. The molecule has 1 fully saturated rings. The molecule has 2 aliphatic rings. The van der Waals surface area contributed by atoms with Crippen LogP contribution in [0.3, 0.4) is 0 Å². The highest BCUT2D eigenvalue weighted by atomic mass is 32.1. The zero-order valence-corrected chi connectivity index (χ0v) is 16.0. The highest BCUT2D eigenvalue weighted by molar-refractivity contribution is 7.13. The number of carbonyl (C=O) groups excluding carboxylic acids is 1. The van der Waals surface area contributed by atoms with E-state index in [1.807, 2.05) is 17.0 Å². The molecule has 0 spiro atoms. The number of carbonyl (C=O) groups is 1. The summed E-state index contributed by atoms with van der Waals surface area (Å²) >= 11 is 1.59. The molecule has 0 bridgehead atoms. The summed E-state index contributed by atoms with van der Waals surface area (Å²) in [5.74, 6) is 2.17. The summed E-state index contributed by atoms with van der Waals surface area (Å²) in [6, 6.07) is 9.15. The normalized spacial score (nSPS) is 16.5. The predicted molar refractivity (Wildman–Crippen MR) is 104 cm³/mol. The van der Waals surface area contributed by atoms with Gasteiger partial charge in [-0.25, -0.2) is 4.98 Å². The molecule has 8 heteroatoms. The number of benzene rings is 1. The lowest BCUT2D eigenvalue weighted by Gasteiger charge is -2.34. The molecule has 5 rings (SSSR count). The Bertz CT molecular complexity index is 977. The van der Waals surface area contributed by atoms with Gasteiger partial charge in [-0.2, -0.15) is 0 Å². The molecule has 0 N–H and O–H groups in total. The molecule has 2 aromatic heterocycles. The Kier molecular flexibility index (Phi) is 4.50. The predicted octanol–water partition coefficient (Wildman–Crippen LogP) is 3.09. The van der Waals surface area contributed by atoms with Crippen LogP contribution in [-0.4, -0.2) is 53.7 Å². The Hall–Kier alpha value is -2.84. The van der Waals surface area contributed by atoms with Crippen molar-refractivity contribution in [2.45, 2.75) is 6.54 Å². The van der Waals surface area contributed by atoms with Gasteiger partial charge in [0, 0.05) is 43.7 Å². The van der Waals surface area contributed by atoms with Crippen molar-refractivity contribution in [1.29, 1.82) is 0 Å². The number of hydrogen-bond acceptors (Lipinski definition) is 7. The van der Waals surface area contributed by atoms with E-state index in [1.165, 1.54) is 0 Å². The standard InChI is InChI=1S/C20H19N3O4S/c24-20(14-3-4-16-18(10-14)27-13-26-16)23-7-5-22(6-8-23)11-15-12-28-19(21-15)17-2-1-9-25-17/h1-4,9-10,12H,5-8,11,13H2. The third-order valence-corrected chi connectivity index (χ3v) is 5.85. The molecule has 1 saturated heterocycles. The summed E-state index contributed by atoms with van der Waals surface area (Å²) < 4.78 is 16.1. The molecule has 1 aromatic carbocycles. The van der Waals surface area contributed by atoms with Crippen molar-refractivity contribution in [1.82, 2.24) is 14.8 Å². The summed E-state index contributed by atoms with van der Waals surface area (Å²) in [5, 5.41) is 2.97. The smallest absolute Gasteiger partial charge is 0.254 e. The van der Waals surface area contributed by atoms with Crippen LogP contribution in [0.4, 0.5) is 0 Å². The second-order valence-electron chi connectivity index (χ2n) is 6.76. The number of nitrogens with zero attached hydrogens (tertiary/aromatic N) is 3. The van der Waals surface area contributed by atoms with E-state index in [1.54, 1.807) is 35.8 Å². The summed E-state index contributed by atoms with van der Waals surface area (Å²) in [4.78, 5) is 21.7. The molecule has 144 valence electrons. The Balaban J connectivity index is 1.18. The number of rotatable bonds is 4. The van der Waals surface area contributed by atoms with E-state index in [0.29, 0.717) is 30.2 Å². The van der Waals surface area contributed by atoms with Gasteiger partial charge in [0.15, 0.2) is 22.3 Å². The van der Waals surface area contributed by atoms with E-state index < -0.39 is 0 Å². The quantitative estimate of drug-likeness (QED) is 0.674. The minimum Gasteiger partial charge on any atom is -0.462 e. The minimum atomic E-state index is 0.0340. The van der Waals surface area contributed by atoms with Gasteiger partial charge in [-0.15, -0.1) is 11.3 Å². The highest BCUT2D eigenvalue weighted by Crippen LogP contribution is 2.33. The first-order chi connectivity index (χ1) is 13.8. The van der Waals surface area contributed by atoms with Crippen LogP contribution in [0.1, 0.15) is 16.1 Å². The van der Waals surface area contributed by atoms with E-state index in [9.17, 15) is 4.79 Å². The van der Waals surface area contributed by atoms with Crippen LogP contribution in [0, 0.1) is 0 Å². The summed E-state index contributed by atoms with van der Waals surface area (Å²) in [5.41, 5.74) is 1.67. The number of ether oxygens (including phenoxy) is 2. The van der Waals surface area contributed by atoms with Gasteiger partial charge in [-0.1, -0.05) is 0 Å². The largest absolute Gasteiger partial charge is 0.462 e. The monoisotopic (exact) mass is 397 g/mol. The lowest BCUT2D eigenvalue weighted by atomic mass is 10.1. The highest BCUT2D eigenvalue weighted by Gasteiger charge is 2.24. The average molecular weight is 397 g/mol. The summed E-state index contributed by atoms with van der Waals surface area (Å²) in [6.45, 7) is 4.03. The Labute approximate surface area is 166 Å². The van der Waals surface area contributed by atoms with Gasteiger partial charge in [0.05, 0.1) is 12.0 Å². The topological polar surface area (TPSA) is 68.0 Å². The van der Waals surface area contributed by atoms with Crippen molar-refractivity contribution < 1.29 is 18.7 Å². The van der Waals surface area contributed by atoms with Crippen molar-refractivity contribution in [2.75, 3.05) is 33.0 Å². The Morgan fingerprint density at radius 1 is 1.11 bits per heavy atom. The van der Waals surface area contributed by atoms with Gasteiger partial charge in [0.25, 0.3) is 5.91 Å². The third kappa shape index (κ3) is 3.36. The van der Waals surface area contributed by atoms with Gasteiger partial charge in [-0.3, -0.25) is 9.69 Å². The van der Waals surface area contributed by atoms with Crippen LogP contribution < -0.4 is 9.47 Å². The SMILES string of the molecule is O=C(c1ccc2c(c1)OCO2)N1CCN(Cc2csc(-c3ccco3)n2)CC1. The first-order valence-corrected chi connectivity index (χ1v) is 10.0. The Morgan fingerprint density at radius 2 is 1.96 bits per heavy atom. The Morgan fingerprint density at radius 3 is 2.79 bits per heavy atom. The first-order valence-electron chi connectivity index (χ1n) is 9.16. The van der Waals surface area contributed by atoms with E-state index in [4.69, 9.17) is 13.9 Å². The lowest BCUT2D eigenvalue weighted by Crippen LogP contribution is -2.48. The van der Waals surface area contributed by atoms with Crippen molar-refractivity contribution >= 4 is 17.2 Å². The zero-order valence-electron chi connectivity index (χ0n) is 15.2. The molecular weight excluding hydrogens is 378 g/mol. The number of amides is 1. The van der Waals surface area contributed by atoms with Crippen LogP contribution in [0.25, 0.3) is 10.8 Å². The van der Waals surface area contributed by atoms with Crippen molar-refractivity contribution in [3.05, 3.63) is 53.2 Å². The van der Waals surface area contributed by atoms with E-state index in [2.05, 4.69) is 15.3 Å². The van der Waals surface area contributed by atoms with Gasteiger partial charge >= 0.3 is 0 Å². The summed E-state index contributed by atoms with van der Waals surface area (Å²) in [6.07, 6.45) is 1.66. The second-order valence-corrected chi connectivity index (χ2v) is 7.62. The van der Waals surface area contributed by atoms with Crippen LogP contribution in [-0.2, 0) is 6.54 Å². The zero-order chi connectivity index (χ0) is 18.9. The van der Waals surface area contributed by atoms with Crippen LogP contribution in [0.2, 0.25) is 0 Å². The summed E-state index contributed by atoms with van der Waals surface area (Å²) in [7, 11) is 0. The molecule has 28 heavy (non-hydrogen) atoms. The van der Waals surface area contributed by atoms with Gasteiger partial charge in [-0.05, 0) is 30.3 Å². The van der Waals surface area contributed by atoms with E-state index >= 15 is 0 Å². The molecule has 0 atom stereocenters.